The topological polar surface area (TPSA) is 23.6 Å². The zero-order valence-corrected chi connectivity index (χ0v) is 19.7. The maximum absolute atomic E-state index is 13.2. The highest BCUT2D eigenvalue weighted by molar-refractivity contribution is 5.86. The molecule has 1 spiro atoms. The molecule has 0 radical (unpaired) electrons. The second kappa shape index (κ2) is 11.3. The molecule has 0 aromatic rings. The van der Waals surface area contributed by atoms with Crippen molar-refractivity contribution in [1.29, 1.82) is 0 Å². The van der Waals surface area contributed by atoms with E-state index in [9.17, 15) is 4.79 Å². The Kier molecular flexibility index (Phi) is 9.04. The molecule has 0 amide bonds. The van der Waals surface area contributed by atoms with Gasteiger partial charge in [-0.05, 0) is 95.9 Å². The molecule has 0 N–H and O–H groups in total. The molecule has 1 saturated carbocycles. The van der Waals surface area contributed by atoms with Crippen LogP contribution in [-0.4, -0.2) is 54.9 Å². The van der Waals surface area contributed by atoms with Gasteiger partial charge in [-0.15, -0.1) is 0 Å². The highest BCUT2D eigenvalue weighted by Crippen LogP contribution is 2.51. The third-order valence-corrected chi connectivity index (χ3v) is 8.38. The van der Waals surface area contributed by atoms with Crippen molar-refractivity contribution in [1.82, 2.24) is 9.80 Å². The molecule has 2 saturated heterocycles. The minimum absolute atomic E-state index is 0.0382. The number of carbonyl (C=O) groups is 1. The van der Waals surface area contributed by atoms with Crippen LogP contribution < -0.4 is 0 Å². The SMILES string of the molecule is CCCC1(CCC)CCC2(CCN(CCCCCCN3CCCCC3)C2)CC1=O. The summed E-state index contributed by atoms with van der Waals surface area (Å²) in [5.74, 6) is 0.618. The quantitative estimate of drug-likeness (QED) is 0.391. The van der Waals surface area contributed by atoms with E-state index in [4.69, 9.17) is 0 Å². The summed E-state index contributed by atoms with van der Waals surface area (Å²) >= 11 is 0. The predicted octanol–water partition coefficient (Wildman–Crippen LogP) is 6.06. The summed E-state index contributed by atoms with van der Waals surface area (Å²) in [6.07, 6.45) is 18.9. The highest BCUT2D eigenvalue weighted by Gasteiger charge is 2.49. The van der Waals surface area contributed by atoms with Crippen LogP contribution in [0.3, 0.4) is 0 Å². The molecule has 3 fully saturated rings. The maximum Gasteiger partial charge on any atom is 0.139 e. The van der Waals surface area contributed by atoms with Crippen molar-refractivity contribution in [3.63, 3.8) is 0 Å². The van der Waals surface area contributed by atoms with E-state index < -0.39 is 0 Å². The van der Waals surface area contributed by atoms with Crippen molar-refractivity contribution in [2.45, 2.75) is 110 Å². The van der Waals surface area contributed by atoms with Crippen molar-refractivity contribution < 1.29 is 4.79 Å². The van der Waals surface area contributed by atoms with E-state index in [1.165, 1.54) is 97.1 Å². The Morgan fingerprint density at radius 3 is 2.03 bits per heavy atom. The lowest BCUT2D eigenvalue weighted by Gasteiger charge is -2.44. The van der Waals surface area contributed by atoms with Gasteiger partial charge in [-0.3, -0.25) is 4.79 Å². The molecule has 0 aromatic carbocycles. The normalized spacial score (nSPS) is 28.4. The third-order valence-electron chi connectivity index (χ3n) is 8.38. The molecule has 2 heterocycles. The number of rotatable bonds is 11. The zero-order valence-electron chi connectivity index (χ0n) is 19.7. The first kappa shape index (κ1) is 23.3. The van der Waals surface area contributed by atoms with Gasteiger partial charge < -0.3 is 9.80 Å². The van der Waals surface area contributed by atoms with E-state index in [1.807, 2.05) is 0 Å². The molecular weight excluding hydrogens is 356 g/mol. The van der Waals surface area contributed by atoms with Crippen LogP contribution in [0.5, 0.6) is 0 Å². The largest absolute Gasteiger partial charge is 0.303 e. The predicted molar refractivity (Wildman–Crippen MR) is 123 cm³/mol. The molecular formula is C26H48N2O. The minimum Gasteiger partial charge on any atom is -0.303 e. The van der Waals surface area contributed by atoms with Gasteiger partial charge in [0.2, 0.25) is 0 Å². The average molecular weight is 405 g/mol. The Morgan fingerprint density at radius 1 is 0.759 bits per heavy atom. The van der Waals surface area contributed by atoms with E-state index in [0.29, 0.717) is 11.2 Å². The second-order valence-electron chi connectivity index (χ2n) is 10.7. The van der Waals surface area contributed by atoms with Gasteiger partial charge in [0.1, 0.15) is 5.78 Å². The molecule has 1 atom stereocenters. The van der Waals surface area contributed by atoms with E-state index in [2.05, 4.69) is 23.6 Å². The number of ketones is 1. The van der Waals surface area contributed by atoms with E-state index in [1.54, 1.807) is 0 Å². The Labute approximate surface area is 181 Å². The number of nitrogens with zero attached hydrogens (tertiary/aromatic N) is 2. The molecule has 3 heteroatoms. The van der Waals surface area contributed by atoms with Gasteiger partial charge in [0.15, 0.2) is 0 Å². The molecule has 2 aliphatic heterocycles. The number of hydrogen-bond donors (Lipinski definition) is 0. The van der Waals surface area contributed by atoms with Gasteiger partial charge in [-0.25, -0.2) is 0 Å². The Morgan fingerprint density at radius 2 is 1.41 bits per heavy atom. The van der Waals surface area contributed by atoms with Crippen LogP contribution in [0.1, 0.15) is 110 Å². The van der Waals surface area contributed by atoms with Crippen molar-refractivity contribution >= 4 is 5.78 Å². The third kappa shape index (κ3) is 6.29. The number of carbonyl (C=O) groups excluding carboxylic acids is 1. The number of piperidine rings is 1. The minimum atomic E-state index is 0.0382. The van der Waals surface area contributed by atoms with Crippen LogP contribution in [0.4, 0.5) is 0 Å². The molecule has 0 aromatic heterocycles. The van der Waals surface area contributed by atoms with Crippen LogP contribution in [0, 0.1) is 10.8 Å². The summed E-state index contributed by atoms with van der Waals surface area (Å²) in [6.45, 7) is 12.2. The van der Waals surface area contributed by atoms with E-state index in [-0.39, 0.29) is 5.41 Å². The number of likely N-dealkylation sites (tertiary alicyclic amines) is 2. The van der Waals surface area contributed by atoms with Crippen molar-refractivity contribution in [3.8, 4) is 0 Å². The van der Waals surface area contributed by atoms with Crippen molar-refractivity contribution in [2.75, 3.05) is 39.3 Å². The van der Waals surface area contributed by atoms with Gasteiger partial charge in [-0.2, -0.15) is 0 Å². The number of Topliss-reactive ketones (excluding diaryl/α,β-unsaturated/α-hetero) is 1. The van der Waals surface area contributed by atoms with Gasteiger partial charge in [-0.1, -0.05) is 46.0 Å². The number of unbranched alkanes of at least 4 members (excludes halogenated alkanes) is 3. The first-order valence-electron chi connectivity index (χ1n) is 13.1. The first-order chi connectivity index (χ1) is 14.1. The lowest BCUT2D eigenvalue weighted by Crippen LogP contribution is -2.43. The van der Waals surface area contributed by atoms with Crippen LogP contribution in [0.25, 0.3) is 0 Å². The zero-order chi connectivity index (χ0) is 20.6. The maximum atomic E-state index is 13.2. The van der Waals surface area contributed by atoms with Crippen LogP contribution in [-0.2, 0) is 4.79 Å². The molecule has 1 unspecified atom stereocenters. The summed E-state index contributed by atoms with van der Waals surface area (Å²) in [5, 5.41) is 0. The Hall–Kier alpha value is -0.410. The summed E-state index contributed by atoms with van der Waals surface area (Å²) in [5.41, 5.74) is 0.368. The lowest BCUT2D eigenvalue weighted by atomic mass is 9.59. The number of hydrogen-bond acceptors (Lipinski definition) is 3. The highest BCUT2D eigenvalue weighted by atomic mass is 16.1. The second-order valence-corrected chi connectivity index (χ2v) is 10.7. The first-order valence-corrected chi connectivity index (χ1v) is 13.1. The average Bonchev–Trinajstić information content (AvgIpc) is 3.11. The summed E-state index contributed by atoms with van der Waals surface area (Å²) in [7, 11) is 0. The fourth-order valence-electron chi connectivity index (χ4n) is 6.65. The van der Waals surface area contributed by atoms with Gasteiger partial charge in [0.05, 0.1) is 0 Å². The molecule has 3 nitrogen and oxygen atoms in total. The molecule has 168 valence electrons. The van der Waals surface area contributed by atoms with Crippen molar-refractivity contribution in [2.24, 2.45) is 10.8 Å². The van der Waals surface area contributed by atoms with Crippen molar-refractivity contribution in [3.05, 3.63) is 0 Å². The smallest absolute Gasteiger partial charge is 0.139 e. The van der Waals surface area contributed by atoms with Gasteiger partial charge in [0.25, 0.3) is 0 Å². The Bertz CT molecular complexity index is 493. The fourth-order valence-corrected chi connectivity index (χ4v) is 6.65. The summed E-state index contributed by atoms with van der Waals surface area (Å²) in [4.78, 5) is 18.6. The summed E-state index contributed by atoms with van der Waals surface area (Å²) in [6, 6.07) is 0. The fraction of sp³-hybridized carbons (Fsp3) is 0.962. The molecule has 0 bridgehead atoms. The van der Waals surface area contributed by atoms with E-state index in [0.717, 1.165) is 38.5 Å². The van der Waals surface area contributed by atoms with E-state index >= 15 is 0 Å². The Balaban J connectivity index is 1.33. The molecule has 29 heavy (non-hydrogen) atoms. The molecule has 3 aliphatic rings. The molecule has 3 rings (SSSR count). The standard InChI is InChI=1S/C26H48N2O/c1-3-12-26(13-4-2)15-14-25(22-24(26)29)16-21-28(23-25)20-9-6-5-8-17-27-18-10-7-11-19-27/h3-23H2,1-2H3. The van der Waals surface area contributed by atoms with Crippen LogP contribution in [0.2, 0.25) is 0 Å². The van der Waals surface area contributed by atoms with Gasteiger partial charge >= 0.3 is 0 Å². The van der Waals surface area contributed by atoms with Crippen LogP contribution >= 0.6 is 0 Å². The monoisotopic (exact) mass is 404 g/mol. The summed E-state index contributed by atoms with van der Waals surface area (Å²) < 4.78 is 0. The molecule has 1 aliphatic carbocycles. The van der Waals surface area contributed by atoms with Gasteiger partial charge in [0, 0.05) is 18.4 Å². The van der Waals surface area contributed by atoms with Crippen LogP contribution in [0.15, 0.2) is 0 Å². The lowest BCUT2D eigenvalue weighted by molar-refractivity contribution is -0.137.